The van der Waals surface area contributed by atoms with Gasteiger partial charge in [-0.3, -0.25) is 4.79 Å². The fourth-order valence-corrected chi connectivity index (χ4v) is 2.35. The van der Waals surface area contributed by atoms with Crippen LogP contribution in [0.5, 0.6) is 0 Å². The lowest BCUT2D eigenvalue weighted by molar-refractivity contribution is 0.112. The van der Waals surface area contributed by atoms with Gasteiger partial charge in [-0.25, -0.2) is 0 Å². The fraction of sp³-hybridized carbons (Fsp3) is 0.0588. The lowest BCUT2D eigenvalue weighted by atomic mass is 10.1. The van der Waals surface area contributed by atoms with E-state index in [0.29, 0.717) is 17.7 Å². The van der Waals surface area contributed by atoms with Crippen LogP contribution in [-0.4, -0.2) is 10.9 Å². The molecular weight excluding hydrogens is 248 g/mol. The molecule has 0 saturated heterocycles. The molecule has 0 saturated carbocycles. The number of benzene rings is 2. The number of hydrogen-bond acceptors (Lipinski definition) is 2. The Morgan fingerprint density at radius 3 is 2.85 bits per heavy atom. The minimum atomic E-state index is 0.660. The number of rotatable bonds is 3. The highest BCUT2D eigenvalue weighted by Crippen LogP contribution is 2.18. The van der Waals surface area contributed by atoms with Crippen LogP contribution in [0.3, 0.4) is 0 Å². The van der Waals surface area contributed by atoms with Crippen molar-refractivity contribution in [1.82, 2.24) is 4.57 Å². The summed E-state index contributed by atoms with van der Waals surface area (Å²) in [6, 6.07) is 17.4. The Morgan fingerprint density at radius 2 is 2.05 bits per heavy atom. The van der Waals surface area contributed by atoms with Crippen molar-refractivity contribution in [2.24, 2.45) is 0 Å². The van der Waals surface area contributed by atoms with E-state index in [4.69, 9.17) is 5.26 Å². The number of nitrogens with zero attached hydrogens (tertiary/aromatic N) is 2. The van der Waals surface area contributed by atoms with Gasteiger partial charge in [0.25, 0.3) is 0 Å². The maximum Gasteiger partial charge on any atom is 0.150 e. The lowest BCUT2D eigenvalue weighted by Gasteiger charge is -2.06. The number of carbonyl (C=O) groups is 1. The molecule has 0 radical (unpaired) electrons. The Kier molecular flexibility index (Phi) is 3.06. The maximum absolute atomic E-state index is 10.9. The summed E-state index contributed by atoms with van der Waals surface area (Å²) in [7, 11) is 0. The topological polar surface area (TPSA) is 45.8 Å². The fourth-order valence-electron chi connectivity index (χ4n) is 2.35. The second kappa shape index (κ2) is 5.02. The molecule has 0 bridgehead atoms. The van der Waals surface area contributed by atoms with Gasteiger partial charge in [-0.2, -0.15) is 5.26 Å². The number of fused-ring (bicyclic) bond motifs is 1. The van der Waals surface area contributed by atoms with E-state index in [1.54, 1.807) is 6.07 Å². The zero-order chi connectivity index (χ0) is 13.9. The van der Waals surface area contributed by atoms with Crippen molar-refractivity contribution in [2.45, 2.75) is 6.54 Å². The van der Waals surface area contributed by atoms with Crippen LogP contribution in [0.1, 0.15) is 21.5 Å². The largest absolute Gasteiger partial charge is 0.343 e. The molecule has 0 amide bonds. The summed E-state index contributed by atoms with van der Waals surface area (Å²) in [5.41, 5.74) is 3.42. The number of aldehydes is 1. The van der Waals surface area contributed by atoms with Crippen LogP contribution in [-0.2, 0) is 6.54 Å². The molecular formula is C17H12N2O. The van der Waals surface area contributed by atoms with Crippen molar-refractivity contribution in [1.29, 1.82) is 5.26 Å². The predicted octanol–water partition coefficient (Wildman–Crippen LogP) is 3.37. The zero-order valence-electron chi connectivity index (χ0n) is 10.8. The monoisotopic (exact) mass is 260 g/mol. The second-order valence-electron chi connectivity index (χ2n) is 4.69. The van der Waals surface area contributed by atoms with Crippen molar-refractivity contribution in [3.05, 3.63) is 71.4 Å². The van der Waals surface area contributed by atoms with Crippen LogP contribution < -0.4 is 0 Å². The first-order valence-corrected chi connectivity index (χ1v) is 6.33. The van der Waals surface area contributed by atoms with Gasteiger partial charge in [0.05, 0.1) is 11.6 Å². The molecule has 2 aromatic carbocycles. The Balaban J connectivity index is 2.02. The summed E-state index contributed by atoms with van der Waals surface area (Å²) in [6.45, 7) is 0.682. The molecule has 0 aliphatic carbocycles. The molecule has 3 rings (SSSR count). The van der Waals surface area contributed by atoms with E-state index in [2.05, 4.69) is 10.6 Å². The van der Waals surface area contributed by atoms with Crippen LogP contribution in [0, 0.1) is 11.3 Å². The first-order valence-electron chi connectivity index (χ1n) is 6.33. The average Bonchev–Trinajstić information content (AvgIpc) is 2.89. The molecule has 1 aromatic heterocycles. The van der Waals surface area contributed by atoms with E-state index in [1.807, 2.05) is 48.7 Å². The van der Waals surface area contributed by atoms with Gasteiger partial charge in [0, 0.05) is 23.8 Å². The number of nitriles is 1. The van der Waals surface area contributed by atoms with Crippen molar-refractivity contribution < 1.29 is 4.79 Å². The summed E-state index contributed by atoms with van der Waals surface area (Å²) in [6.07, 6.45) is 2.85. The van der Waals surface area contributed by atoms with Gasteiger partial charge in [-0.1, -0.05) is 24.3 Å². The van der Waals surface area contributed by atoms with Crippen LogP contribution in [0.15, 0.2) is 54.7 Å². The maximum atomic E-state index is 10.9. The van der Waals surface area contributed by atoms with Crippen molar-refractivity contribution in [3.8, 4) is 6.07 Å². The Hall–Kier alpha value is -2.86. The van der Waals surface area contributed by atoms with Crippen molar-refractivity contribution >= 4 is 17.2 Å². The zero-order valence-corrected chi connectivity index (χ0v) is 10.8. The van der Waals surface area contributed by atoms with Crippen molar-refractivity contribution in [2.75, 3.05) is 0 Å². The van der Waals surface area contributed by atoms with Gasteiger partial charge in [-0.05, 0) is 35.2 Å². The Morgan fingerprint density at radius 1 is 1.15 bits per heavy atom. The quantitative estimate of drug-likeness (QED) is 0.678. The van der Waals surface area contributed by atoms with Gasteiger partial charge in [-0.15, -0.1) is 0 Å². The second-order valence-corrected chi connectivity index (χ2v) is 4.69. The smallest absolute Gasteiger partial charge is 0.150 e. The molecule has 96 valence electrons. The number of carbonyl (C=O) groups excluding carboxylic acids is 1. The Bertz CT molecular complexity index is 824. The third-order valence-electron chi connectivity index (χ3n) is 3.34. The van der Waals surface area contributed by atoms with Crippen LogP contribution in [0.25, 0.3) is 10.9 Å². The van der Waals surface area contributed by atoms with E-state index in [1.165, 1.54) is 0 Å². The Labute approximate surface area is 116 Å². The van der Waals surface area contributed by atoms with Gasteiger partial charge in [0.15, 0.2) is 0 Å². The molecule has 3 nitrogen and oxygen atoms in total. The molecule has 3 aromatic rings. The SMILES string of the molecule is N#Cc1cccc(Cn2ccc3ccc(C=O)cc32)c1. The molecule has 1 heterocycles. The van der Waals surface area contributed by atoms with Gasteiger partial charge in [0.1, 0.15) is 6.29 Å². The molecule has 0 aliphatic heterocycles. The van der Waals surface area contributed by atoms with Crippen molar-refractivity contribution in [3.63, 3.8) is 0 Å². The van der Waals surface area contributed by atoms with Gasteiger partial charge >= 0.3 is 0 Å². The molecule has 0 N–H and O–H groups in total. The average molecular weight is 260 g/mol. The van der Waals surface area contributed by atoms with Gasteiger partial charge < -0.3 is 4.57 Å². The third-order valence-corrected chi connectivity index (χ3v) is 3.34. The van der Waals surface area contributed by atoms with Crippen LogP contribution in [0.2, 0.25) is 0 Å². The summed E-state index contributed by atoms with van der Waals surface area (Å²) in [5.74, 6) is 0. The minimum Gasteiger partial charge on any atom is -0.343 e. The summed E-state index contributed by atoms with van der Waals surface area (Å²) in [4.78, 5) is 10.9. The van der Waals surface area contributed by atoms with E-state index in [-0.39, 0.29) is 0 Å². The highest BCUT2D eigenvalue weighted by Gasteiger charge is 2.03. The molecule has 20 heavy (non-hydrogen) atoms. The standard InChI is InChI=1S/C17H12N2O/c18-10-13-2-1-3-14(8-13)11-19-7-6-16-5-4-15(12-20)9-17(16)19/h1-9,12H,11H2. The highest BCUT2D eigenvalue weighted by molar-refractivity contribution is 5.87. The summed E-state index contributed by atoms with van der Waals surface area (Å²) in [5, 5.41) is 10.0. The first-order chi connectivity index (χ1) is 9.80. The normalized spacial score (nSPS) is 10.3. The van der Waals surface area contributed by atoms with E-state index < -0.39 is 0 Å². The molecule has 0 aliphatic rings. The summed E-state index contributed by atoms with van der Waals surface area (Å²) >= 11 is 0. The first kappa shape index (κ1) is 12.2. The number of aromatic nitrogens is 1. The number of hydrogen-bond donors (Lipinski definition) is 0. The molecule has 3 heteroatoms. The highest BCUT2D eigenvalue weighted by atomic mass is 16.1. The minimum absolute atomic E-state index is 0.660. The lowest BCUT2D eigenvalue weighted by Crippen LogP contribution is -1.98. The van der Waals surface area contributed by atoms with E-state index in [9.17, 15) is 4.79 Å². The molecule has 0 spiro atoms. The summed E-state index contributed by atoms with van der Waals surface area (Å²) < 4.78 is 2.08. The third kappa shape index (κ3) is 2.19. The van der Waals surface area contributed by atoms with E-state index >= 15 is 0 Å². The van der Waals surface area contributed by atoms with Crippen LogP contribution >= 0.6 is 0 Å². The van der Waals surface area contributed by atoms with Crippen LogP contribution in [0.4, 0.5) is 0 Å². The molecule has 0 atom stereocenters. The molecule has 0 unspecified atom stereocenters. The van der Waals surface area contributed by atoms with E-state index in [0.717, 1.165) is 22.8 Å². The molecule has 0 fully saturated rings. The predicted molar refractivity (Wildman–Crippen MR) is 77.6 cm³/mol. The van der Waals surface area contributed by atoms with Gasteiger partial charge in [0.2, 0.25) is 0 Å².